The molecule has 0 bridgehead atoms. The van der Waals surface area contributed by atoms with Gasteiger partial charge in [0.2, 0.25) is 0 Å². The summed E-state index contributed by atoms with van der Waals surface area (Å²) in [5, 5.41) is 9.97. The van der Waals surface area contributed by atoms with E-state index in [2.05, 4.69) is 33.5 Å². The van der Waals surface area contributed by atoms with Crippen LogP contribution in [0.15, 0.2) is 65.4 Å². The van der Waals surface area contributed by atoms with E-state index in [4.69, 9.17) is 4.74 Å². The lowest BCUT2D eigenvalue weighted by Gasteiger charge is -2.11. The summed E-state index contributed by atoms with van der Waals surface area (Å²) in [5.74, 6) is 0.804. The predicted octanol–water partition coefficient (Wildman–Crippen LogP) is 4.42. The maximum Gasteiger partial charge on any atom is 0.315 e. The van der Waals surface area contributed by atoms with E-state index in [9.17, 15) is 4.79 Å². The number of hydrogen-bond acceptors (Lipinski definition) is 3. The Morgan fingerprint density at radius 2 is 1.76 bits per heavy atom. The number of rotatable bonds is 6. The molecule has 1 aromatic heterocycles. The van der Waals surface area contributed by atoms with Crippen molar-refractivity contribution in [2.24, 2.45) is 0 Å². The molecular weight excluding hydrogens is 332 g/mol. The number of nitrogens with one attached hydrogen (secondary N) is 2. The second-order valence-electron chi connectivity index (χ2n) is 5.55. The largest absolute Gasteiger partial charge is 0.497 e. The molecule has 2 amide bonds. The molecule has 0 aliphatic rings. The van der Waals surface area contributed by atoms with Crippen molar-refractivity contribution in [2.75, 3.05) is 7.11 Å². The number of methoxy groups -OCH3 is 1. The van der Waals surface area contributed by atoms with Gasteiger partial charge in [0.25, 0.3) is 0 Å². The minimum absolute atomic E-state index is 0.184. The molecule has 3 aromatic rings. The van der Waals surface area contributed by atoms with Crippen LogP contribution in [0.1, 0.15) is 11.1 Å². The molecule has 128 valence electrons. The fourth-order valence-electron chi connectivity index (χ4n) is 2.54. The molecule has 0 fully saturated rings. The first-order valence-corrected chi connectivity index (χ1v) is 8.95. The van der Waals surface area contributed by atoms with Gasteiger partial charge in [-0.25, -0.2) is 4.79 Å². The third kappa shape index (κ3) is 4.61. The number of ether oxygens (including phenoxy) is 1. The van der Waals surface area contributed by atoms with Crippen molar-refractivity contribution >= 4 is 17.4 Å². The lowest BCUT2D eigenvalue weighted by Crippen LogP contribution is -2.34. The SMILES string of the molecule is COc1ccc(CNC(=O)NCc2ccccc2-c2ccsc2)cc1. The third-order valence-electron chi connectivity index (χ3n) is 3.90. The summed E-state index contributed by atoms with van der Waals surface area (Å²) >= 11 is 1.67. The first kappa shape index (κ1) is 17.0. The van der Waals surface area contributed by atoms with E-state index in [1.807, 2.05) is 42.5 Å². The summed E-state index contributed by atoms with van der Waals surface area (Å²) in [6.07, 6.45) is 0. The zero-order valence-electron chi connectivity index (χ0n) is 14.0. The molecule has 0 spiro atoms. The summed E-state index contributed by atoms with van der Waals surface area (Å²) in [4.78, 5) is 12.1. The van der Waals surface area contributed by atoms with Gasteiger partial charge in [-0.15, -0.1) is 0 Å². The van der Waals surface area contributed by atoms with Crippen molar-refractivity contribution in [1.82, 2.24) is 10.6 Å². The summed E-state index contributed by atoms with van der Waals surface area (Å²) in [5.41, 5.74) is 4.45. The molecule has 0 atom stereocenters. The van der Waals surface area contributed by atoms with E-state index in [0.717, 1.165) is 22.4 Å². The highest BCUT2D eigenvalue weighted by Gasteiger charge is 2.07. The number of amides is 2. The fraction of sp³-hybridized carbons (Fsp3) is 0.150. The van der Waals surface area contributed by atoms with Crippen LogP contribution >= 0.6 is 11.3 Å². The molecular formula is C20H20N2O2S. The molecule has 0 saturated heterocycles. The summed E-state index contributed by atoms with van der Waals surface area (Å²) in [6, 6.07) is 17.7. The molecule has 1 heterocycles. The second kappa shape index (κ2) is 8.35. The molecule has 25 heavy (non-hydrogen) atoms. The fourth-order valence-corrected chi connectivity index (χ4v) is 3.19. The van der Waals surface area contributed by atoms with Crippen molar-refractivity contribution < 1.29 is 9.53 Å². The van der Waals surface area contributed by atoms with Gasteiger partial charge >= 0.3 is 6.03 Å². The van der Waals surface area contributed by atoms with Crippen LogP contribution in [0.4, 0.5) is 4.79 Å². The monoisotopic (exact) mass is 352 g/mol. The second-order valence-corrected chi connectivity index (χ2v) is 6.33. The van der Waals surface area contributed by atoms with E-state index in [-0.39, 0.29) is 6.03 Å². The van der Waals surface area contributed by atoms with Crippen LogP contribution in [0.3, 0.4) is 0 Å². The highest BCUT2D eigenvalue weighted by atomic mass is 32.1. The highest BCUT2D eigenvalue weighted by Crippen LogP contribution is 2.25. The molecule has 5 heteroatoms. The van der Waals surface area contributed by atoms with E-state index >= 15 is 0 Å². The van der Waals surface area contributed by atoms with E-state index in [0.29, 0.717) is 13.1 Å². The van der Waals surface area contributed by atoms with Gasteiger partial charge in [0.05, 0.1) is 7.11 Å². The molecule has 2 aromatic carbocycles. The van der Waals surface area contributed by atoms with Gasteiger partial charge in [0.15, 0.2) is 0 Å². The van der Waals surface area contributed by atoms with Crippen molar-refractivity contribution in [3.05, 3.63) is 76.5 Å². The Labute approximate surface area is 151 Å². The number of hydrogen-bond donors (Lipinski definition) is 2. The minimum Gasteiger partial charge on any atom is -0.497 e. The van der Waals surface area contributed by atoms with Gasteiger partial charge < -0.3 is 15.4 Å². The third-order valence-corrected chi connectivity index (χ3v) is 4.58. The molecule has 0 aliphatic carbocycles. The normalized spacial score (nSPS) is 10.3. The Bertz CT molecular complexity index is 814. The summed E-state index contributed by atoms with van der Waals surface area (Å²) < 4.78 is 5.13. The lowest BCUT2D eigenvalue weighted by molar-refractivity contribution is 0.240. The van der Waals surface area contributed by atoms with Gasteiger partial charge in [0.1, 0.15) is 5.75 Å². The van der Waals surface area contributed by atoms with Gasteiger partial charge in [0, 0.05) is 13.1 Å². The molecule has 0 radical (unpaired) electrons. The Morgan fingerprint density at radius 1 is 1.00 bits per heavy atom. The Balaban J connectivity index is 1.54. The molecule has 0 saturated carbocycles. The van der Waals surface area contributed by atoms with Crippen molar-refractivity contribution in [3.63, 3.8) is 0 Å². The summed E-state index contributed by atoms with van der Waals surface area (Å²) in [7, 11) is 1.63. The average molecular weight is 352 g/mol. The zero-order chi connectivity index (χ0) is 17.5. The highest BCUT2D eigenvalue weighted by molar-refractivity contribution is 7.08. The van der Waals surface area contributed by atoms with Crippen LogP contribution in [0.5, 0.6) is 5.75 Å². The van der Waals surface area contributed by atoms with E-state index < -0.39 is 0 Å². The van der Waals surface area contributed by atoms with Gasteiger partial charge in [-0.2, -0.15) is 11.3 Å². The number of carbonyl (C=O) groups is 1. The smallest absolute Gasteiger partial charge is 0.315 e. The van der Waals surface area contributed by atoms with E-state index in [1.165, 1.54) is 5.56 Å². The molecule has 3 rings (SSSR count). The van der Waals surface area contributed by atoms with Gasteiger partial charge in [-0.3, -0.25) is 0 Å². The number of benzene rings is 2. The van der Waals surface area contributed by atoms with Crippen LogP contribution < -0.4 is 15.4 Å². The number of urea groups is 1. The van der Waals surface area contributed by atoms with Crippen molar-refractivity contribution in [1.29, 1.82) is 0 Å². The molecule has 2 N–H and O–H groups in total. The minimum atomic E-state index is -0.184. The predicted molar refractivity (Wildman–Crippen MR) is 102 cm³/mol. The van der Waals surface area contributed by atoms with Crippen LogP contribution in [-0.2, 0) is 13.1 Å². The molecule has 0 unspecified atom stereocenters. The Kier molecular flexibility index (Phi) is 5.69. The van der Waals surface area contributed by atoms with Crippen molar-refractivity contribution in [2.45, 2.75) is 13.1 Å². The maximum atomic E-state index is 12.1. The zero-order valence-corrected chi connectivity index (χ0v) is 14.8. The number of thiophene rings is 1. The van der Waals surface area contributed by atoms with Crippen LogP contribution in [-0.4, -0.2) is 13.1 Å². The van der Waals surface area contributed by atoms with Crippen LogP contribution in [0, 0.1) is 0 Å². The first-order chi connectivity index (χ1) is 12.3. The van der Waals surface area contributed by atoms with Gasteiger partial charge in [-0.05, 0) is 51.2 Å². The Hall–Kier alpha value is -2.79. The Morgan fingerprint density at radius 3 is 2.48 bits per heavy atom. The first-order valence-electron chi connectivity index (χ1n) is 8.01. The standard InChI is InChI=1S/C20H20N2O2S/c1-24-18-8-6-15(7-9-18)12-21-20(23)22-13-16-4-2-3-5-19(16)17-10-11-25-14-17/h2-11,14H,12-13H2,1H3,(H2,21,22,23). The number of carbonyl (C=O) groups excluding carboxylic acids is 1. The van der Waals surface area contributed by atoms with Crippen LogP contribution in [0.2, 0.25) is 0 Å². The lowest BCUT2D eigenvalue weighted by atomic mass is 10.0. The maximum absolute atomic E-state index is 12.1. The quantitative estimate of drug-likeness (QED) is 0.690. The molecule has 4 nitrogen and oxygen atoms in total. The van der Waals surface area contributed by atoms with Gasteiger partial charge in [-0.1, -0.05) is 36.4 Å². The van der Waals surface area contributed by atoms with Crippen LogP contribution in [0.25, 0.3) is 11.1 Å². The molecule has 0 aliphatic heterocycles. The van der Waals surface area contributed by atoms with E-state index in [1.54, 1.807) is 18.4 Å². The van der Waals surface area contributed by atoms with Crippen molar-refractivity contribution in [3.8, 4) is 16.9 Å². The average Bonchev–Trinajstić information content (AvgIpc) is 3.20. The topological polar surface area (TPSA) is 50.4 Å². The summed E-state index contributed by atoms with van der Waals surface area (Å²) in [6.45, 7) is 0.961.